The summed E-state index contributed by atoms with van der Waals surface area (Å²) in [6.45, 7) is 0. The largest absolute Gasteiger partial charge is 0.398 e. The van der Waals surface area contributed by atoms with Crippen molar-refractivity contribution < 1.29 is 4.79 Å². The van der Waals surface area contributed by atoms with Crippen molar-refractivity contribution in [2.75, 3.05) is 10.6 Å². The molecule has 0 aliphatic carbocycles. The number of rotatable bonds is 4. The van der Waals surface area contributed by atoms with Crippen LogP contribution in [0.2, 0.25) is 0 Å². The smallest absolute Gasteiger partial charge is 0.152 e. The van der Waals surface area contributed by atoms with Gasteiger partial charge in [-0.15, -0.1) is 0 Å². The first kappa shape index (κ1) is 16.7. The SMILES string of the molecule is Nc1cc(N(c2ccc(Br)cc2)c2ccc(Br)cc2)ccc1C=O. The second-order valence-electron chi connectivity index (χ2n) is 5.22. The summed E-state index contributed by atoms with van der Waals surface area (Å²) in [4.78, 5) is 13.1. The summed E-state index contributed by atoms with van der Waals surface area (Å²) in [6, 6.07) is 21.5. The summed E-state index contributed by atoms with van der Waals surface area (Å²) in [5.74, 6) is 0. The number of hydrogen-bond donors (Lipinski definition) is 1. The second-order valence-corrected chi connectivity index (χ2v) is 7.05. The molecule has 0 bridgehead atoms. The Balaban J connectivity index is 2.14. The molecule has 0 aliphatic heterocycles. The van der Waals surface area contributed by atoms with E-state index in [0.717, 1.165) is 32.3 Å². The maximum absolute atomic E-state index is 11.0. The van der Waals surface area contributed by atoms with E-state index in [0.29, 0.717) is 11.3 Å². The van der Waals surface area contributed by atoms with E-state index in [1.54, 1.807) is 6.07 Å². The van der Waals surface area contributed by atoms with Crippen LogP contribution in [0, 0.1) is 0 Å². The first-order valence-corrected chi connectivity index (χ1v) is 8.83. The molecule has 3 aromatic carbocycles. The van der Waals surface area contributed by atoms with E-state index in [1.807, 2.05) is 60.7 Å². The number of nitrogen functional groups attached to an aromatic ring is 1. The number of hydrogen-bond acceptors (Lipinski definition) is 3. The van der Waals surface area contributed by atoms with E-state index in [-0.39, 0.29) is 0 Å². The summed E-state index contributed by atoms with van der Waals surface area (Å²) in [5.41, 5.74) is 9.84. The molecule has 0 fully saturated rings. The van der Waals surface area contributed by atoms with Gasteiger partial charge in [-0.25, -0.2) is 0 Å². The minimum atomic E-state index is 0.460. The van der Waals surface area contributed by atoms with Crippen LogP contribution in [0.1, 0.15) is 10.4 Å². The van der Waals surface area contributed by atoms with Gasteiger partial charge in [0.15, 0.2) is 6.29 Å². The zero-order valence-corrected chi connectivity index (χ0v) is 15.8. The number of carbonyl (C=O) groups is 1. The van der Waals surface area contributed by atoms with Gasteiger partial charge in [-0.05, 0) is 66.7 Å². The first-order chi connectivity index (χ1) is 11.6. The van der Waals surface area contributed by atoms with Crippen molar-refractivity contribution in [3.05, 3.63) is 81.2 Å². The van der Waals surface area contributed by atoms with Crippen LogP contribution in [0.4, 0.5) is 22.7 Å². The molecule has 24 heavy (non-hydrogen) atoms. The molecule has 0 saturated heterocycles. The van der Waals surface area contributed by atoms with Gasteiger partial charge in [-0.2, -0.15) is 0 Å². The van der Waals surface area contributed by atoms with Crippen LogP contribution >= 0.6 is 31.9 Å². The van der Waals surface area contributed by atoms with Crippen LogP contribution in [-0.4, -0.2) is 6.29 Å². The average Bonchev–Trinajstić information content (AvgIpc) is 2.59. The highest BCUT2D eigenvalue weighted by molar-refractivity contribution is 9.10. The van der Waals surface area contributed by atoms with Crippen molar-refractivity contribution in [3.63, 3.8) is 0 Å². The van der Waals surface area contributed by atoms with Crippen LogP contribution in [-0.2, 0) is 0 Å². The Bertz CT molecular complexity index is 816. The summed E-state index contributed by atoms with van der Waals surface area (Å²) < 4.78 is 2.02. The lowest BCUT2D eigenvalue weighted by molar-refractivity contribution is 0.112. The number of nitrogens with two attached hydrogens (primary N) is 1. The third-order valence-corrected chi connectivity index (χ3v) is 4.68. The molecule has 0 aromatic heterocycles. The highest BCUT2D eigenvalue weighted by atomic mass is 79.9. The van der Waals surface area contributed by atoms with Gasteiger partial charge in [0.2, 0.25) is 0 Å². The maximum atomic E-state index is 11.0. The van der Waals surface area contributed by atoms with Crippen molar-refractivity contribution in [1.29, 1.82) is 0 Å². The van der Waals surface area contributed by atoms with E-state index < -0.39 is 0 Å². The lowest BCUT2D eigenvalue weighted by atomic mass is 10.1. The first-order valence-electron chi connectivity index (χ1n) is 7.24. The molecule has 3 rings (SSSR count). The van der Waals surface area contributed by atoms with Gasteiger partial charge in [-0.1, -0.05) is 31.9 Å². The summed E-state index contributed by atoms with van der Waals surface area (Å²) in [6.07, 6.45) is 0.767. The van der Waals surface area contributed by atoms with Gasteiger partial charge in [0.05, 0.1) is 0 Å². The highest BCUT2D eigenvalue weighted by Gasteiger charge is 2.13. The van der Waals surface area contributed by atoms with E-state index in [2.05, 4.69) is 36.8 Å². The Morgan fingerprint density at radius 2 is 1.21 bits per heavy atom. The molecule has 0 spiro atoms. The molecule has 0 amide bonds. The number of halogens is 2. The summed E-state index contributed by atoms with van der Waals surface area (Å²) in [5, 5.41) is 0. The molecule has 0 radical (unpaired) electrons. The molecular formula is C19H14Br2N2O. The molecule has 0 atom stereocenters. The van der Waals surface area contributed by atoms with Crippen LogP contribution in [0.5, 0.6) is 0 Å². The topological polar surface area (TPSA) is 46.3 Å². The van der Waals surface area contributed by atoms with Gasteiger partial charge < -0.3 is 10.6 Å². The zero-order valence-electron chi connectivity index (χ0n) is 12.6. The van der Waals surface area contributed by atoms with Crippen LogP contribution < -0.4 is 10.6 Å². The molecule has 0 aliphatic rings. The predicted molar refractivity (Wildman–Crippen MR) is 106 cm³/mol. The molecule has 120 valence electrons. The van der Waals surface area contributed by atoms with Crippen LogP contribution in [0.15, 0.2) is 75.7 Å². The Hall–Kier alpha value is -2.11. The second kappa shape index (κ2) is 7.20. The Labute approximate surface area is 157 Å². The molecule has 3 aromatic rings. The highest BCUT2D eigenvalue weighted by Crippen LogP contribution is 2.36. The molecule has 2 N–H and O–H groups in total. The molecule has 5 heteroatoms. The van der Waals surface area contributed by atoms with Gasteiger partial charge in [0.25, 0.3) is 0 Å². The summed E-state index contributed by atoms with van der Waals surface area (Å²) in [7, 11) is 0. The third-order valence-electron chi connectivity index (χ3n) is 3.63. The van der Waals surface area contributed by atoms with Crippen molar-refractivity contribution >= 4 is 60.9 Å². The van der Waals surface area contributed by atoms with Crippen LogP contribution in [0.3, 0.4) is 0 Å². The Morgan fingerprint density at radius 3 is 1.62 bits per heavy atom. The van der Waals surface area contributed by atoms with Crippen molar-refractivity contribution in [2.45, 2.75) is 0 Å². The van der Waals surface area contributed by atoms with E-state index in [1.165, 1.54) is 0 Å². The lowest BCUT2D eigenvalue weighted by Gasteiger charge is -2.26. The van der Waals surface area contributed by atoms with Crippen molar-refractivity contribution in [2.24, 2.45) is 0 Å². The fourth-order valence-corrected chi connectivity index (χ4v) is 2.96. The lowest BCUT2D eigenvalue weighted by Crippen LogP contribution is -2.10. The molecule has 0 unspecified atom stereocenters. The maximum Gasteiger partial charge on any atom is 0.152 e. The van der Waals surface area contributed by atoms with Crippen molar-refractivity contribution in [1.82, 2.24) is 0 Å². The van der Waals surface area contributed by atoms with Gasteiger partial charge in [0.1, 0.15) is 0 Å². The van der Waals surface area contributed by atoms with Gasteiger partial charge in [0, 0.05) is 37.3 Å². The molecule has 3 nitrogen and oxygen atoms in total. The average molecular weight is 446 g/mol. The van der Waals surface area contributed by atoms with Crippen molar-refractivity contribution in [3.8, 4) is 0 Å². The summed E-state index contributed by atoms with van der Waals surface area (Å²) >= 11 is 6.93. The van der Waals surface area contributed by atoms with E-state index >= 15 is 0 Å². The van der Waals surface area contributed by atoms with Gasteiger partial charge in [-0.3, -0.25) is 4.79 Å². The van der Waals surface area contributed by atoms with E-state index in [9.17, 15) is 4.79 Å². The number of anilines is 4. The Morgan fingerprint density at radius 1 is 0.750 bits per heavy atom. The van der Waals surface area contributed by atoms with Crippen LogP contribution in [0.25, 0.3) is 0 Å². The normalized spacial score (nSPS) is 10.4. The fourth-order valence-electron chi connectivity index (χ4n) is 2.44. The molecule has 0 heterocycles. The third kappa shape index (κ3) is 3.52. The fraction of sp³-hybridized carbons (Fsp3) is 0. The predicted octanol–water partition coefficient (Wildman–Crippen LogP) is 6.08. The minimum Gasteiger partial charge on any atom is -0.398 e. The number of aldehydes is 1. The number of nitrogens with zero attached hydrogens (tertiary/aromatic N) is 1. The monoisotopic (exact) mass is 444 g/mol. The minimum absolute atomic E-state index is 0.460. The zero-order chi connectivity index (χ0) is 17.1. The number of carbonyl (C=O) groups excluding carboxylic acids is 1. The molecule has 0 saturated carbocycles. The van der Waals surface area contributed by atoms with Gasteiger partial charge >= 0.3 is 0 Å². The van der Waals surface area contributed by atoms with E-state index in [4.69, 9.17) is 5.73 Å². The standard InChI is InChI=1S/C19H14Br2N2O/c20-14-2-7-16(8-3-14)23(17-9-4-15(21)5-10-17)18-6-1-13(12-24)19(22)11-18/h1-12H,22H2. The quantitative estimate of drug-likeness (QED) is 0.391. The molecular weight excluding hydrogens is 432 g/mol. The Kier molecular flexibility index (Phi) is 5.02. The number of benzene rings is 3.